The van der Waals surface area contributed by atoms with E-state index in [1.807, 2.05) is 12.1 Å². The van der Waals surface area contributed by atoms with Crippen LogP contribution >= 0.6 is 15.9 Å². The molecule has 0 aromatic heterocycles. The van der Waals surface area contributed by atoms with Crippen molar-refractivity contribution in [1.82, 2.24) is 0 Å². The zero-order valence-corrected chi connectivity index (χ0v) is 11.4. The van der Waals surface area contributed by atoms with E-state index in [0.717, 1.165) is 12.1 Å². The first kappa shape index (κ1) is 12.2. The number of methoxy groups -OCH3 is 2. The third-order valence-corrected chi connectivity index (χ3v) is 3.67. The van der Waals surface area contributed by atoms with Crippen LogP contribution in [0.25, 0.3) is 0 Å². The monoisotopic (exact) mass is 299 g/mol. The molecule has 17 heavy (non-hydrogen) atoms. The molecule has 1 saturated heterocycles. The molecule has 1 fully saturated rings. The molecule has 1 aromatic carbocycles. The van der Waals surface area contributed by atoms with E-state index < -0.39 is 0 Å². The molecule has 2 rings (SSSR count). The molecule has 0 bridgehead atoms. The number of anilines is 1. The van der Waals surface area contributed by atoms with Crippen molar-refractivity contribution in [3.05, 3.63) is 18.2 Å². The van der Waals surface area contributed by atoms with Gasteiger partial charge in [0.25, 0.3) is 0 Å². The minimum Gasteiger partial charge on any atom is -0.497 e. The summed E-state index contributed by atoms with van der Waals surface area (Å²) in [6.07, 6.45) is 0.814. The van der Waals surface area contributed by atoms with Gasteiger partial charge in [-0.15, -0.1) is 0 Å². The highest BCUT2D eigenvalue weighted by atomic mass is 79.9. The number of hydrogen-bond acceptors (Lipinski definition) is 3. The van der Waals surface area contributed by atoms with Crippen LogP contribution in [0.1, 0.15) is 6.42 Å². The second-order valence-corrected chi connectivity index (χ2v) is 4.89. The highest BCUT2D eigenvalue weighted by Gasteiger charge is 2.32. The molecular weight excluding hydrogens is 286 g/mol. The van der Waals surface area contributed by atoms with E-state index in [2.05, 4.69) is 15.9 Å². The van der Waals surface area contributed by atoms with Gasteiger partial charge in [-0.05, 0) is 18.6 Å². The number of hydrogen-bond donors (Lipinski definition) is 0. The van der Waals surface area contributed by atoms with Gasteiger partial charge in [0.05, 0.1) is 24.7 Å². The molecule has 0 aliphatic carbocycles. The predicted octanol–water partition coefficient (Wildman–Crippen LogP) is 2.20. The third kappa shape index (κ3) is 2.24. The average molecular weight is 300 g/mol. The maximum Gasteiger partial charge on any atom is 0.240 e. The maximum atomic E-state index is 11.9. The minimum atomic E-state index is -0.0886. The van der Waals surface area contributed by atoms with E-state index in [0.29, 0.717) is 18.0 Å². The Hall–Kier alpha value is -1.23. The van der Waals surface area contributed by atoms with E-state index in [9.17, 15) is 4.79 Å². The number of carbonyl (C=O) groups is 1. The first-order valence-corrected chi connectivity index (χ1v) is 6.26. The highest BCUT2D eigenvalue weighted by Crippen LogP contribution is 2.35. The minimum absolute atomic E-state index is 0.0773. The molecule has 5 heteroatoms. The lowest BCUT2D eigenvalue weighted by atomic mass is 10.2. The van der Waals surface area contributed by atoms with E-state index in [-0.39, 0.29) is 10.7 Å². The summed E-state index contributed by atoms with van der Waals surface area (Å²) in [7, 11) is 3.19. The number of amides is 1. The lowest BCUT2D eigenvalue weighted by Gasteiger charge is -2.19. The number of nitrogens with zero attached hydrogens (tertiary/aromatic N) is 1. The Balaban J connectivity index is 2.35. The number of carbonyl (C=O) groups excluding carboxylic acids is 1. The van der Waals surface area contributed by atoms with Crippen molar-refractivity contribution >= 4 is 27.5 Å². The van der Waals surface area contributed by atoms with Gasteiger partial charge in [-0.25, -0.2) is 0 Å². The normalized spacial score (nSPS) is 19.6. The van der Waals surface area contributed by atoms with Crippen LogP contribution in [-0.4, -0.2) is 31.5 Å². The van der Waals surface area contributed by atoms with Crippen LogP contribution in [0.15, 0.2) is 18.2 Å². The summed E-state index contributed by atoms with van der Waals surface area (Å²) < 4.78 is 10.4. The van der Waals surface area contributed by atoms with Gasteiger partial charge < -0.3 is 14.4 Å². The van der Waals surface area contributed by atoms with Gasteiger partial charge in [0, 0.05) is 12.6 Å². The smallest absolute Gasteiger partial charge is 0.240 e. The van der Waals surface area contributed by atoms with Crippen molar-refractivity contribution in [1.29, 1.82) is 0 Å². The standard InChI is InChI=1S/C12H14BrNO3/c1-16-8-3-4-10(11(7-8)17-2)14-6-5-9(13)12(14)15/h3-4,7,9H,5-6H2,1-2H3. The molecule has 0 spiro atoms. The first-order chi connectivity index (χ1) is 8.17. The lowest BCUT2D eigenvalue weighted by molar-refractivity contribution is -0.116. The van der Waals surface area contributed by atoms with Gasteiger partial charge in [0.2, 0.25) is 5.91 Å². The van der Waals surface area contributed by atoms with Crippen molar-refractivity contribution in [3.63, 3.8) is 0 Å². The van der Waals surface area contributed by atoms with Crippen molar-refractivity contribution in [3.8, 4) is 11.5 Å². The zero-order chi connectivity index (χ0) is 12.4. The quantitative estimate of drug-likeness (QED) is 0.803. The second kappa shape index (κ2) is 4.96. The van der Waals surface area contributed by atoms with E-state index in [1.54, 1.807) is 25.2 Å². The predicted molar refractivity (Wildman–Crippen MR) is 69.2 cm³/mol. The molecule has 0 saturated carbocycles. The summed E-state index contributed by atoms with van der Waals surface area (Å²) in [6, 6.07) is 5.46. The Morgan fingerprint density at radius 2 is 2.12 bits per heavy atom. The molecule has 1 aromatic rings. The fourth-order valence-electron chi connectivity index (χ4n) is 1.89. The van der Waals surface area contributed by atoms with Crippen LogP contribution < -0.4 is 14.4 Å². The van der Waals surface area contributed by atoms with E-state index in [4.69, 9.17) is 9.47 Å². The molecule has 0 N–H and O–H groups in total. The molecule has 1 aliphatic rings. The van der Waals surface area contributed by atoms with Gasteiger partial charge in [0.1, 0.15) is 11.5 Å². The fourth-order valence-corrected chi connectivity index (χ4v) is 2.34. The molecule has 1 atom stereocenters. The Bertz CT molecular complexity index is 436. The summed E-state index contributed by atoms with van der Waals surface area (Å²) in [5, 5.41) is 0. The number of ether oxygens (including phenoxy) is 2. The van der Waals surface area contributed by atoms with Crippen LogP contribution in [0.2, 0.25) is 0 Å². The van der Waals surface area contributed by atoms with Crippen LogP contribution in [0.3, 0.4) is 0 Å². The molecule has 1 unspecified atom stereocenters. The average Bonchev–Trinajstić information content (AvgIpc) is 2.69. The number of rotatable bonds is 3. The Morgan fingerprint density at radius 1 is 1.35 bits per heavy atom. The topological polar surface area (TPSA) is 38.8 Å². The van der Waals surface area contributed by atoms with Crippen molar-refractivity contribution in [2.45, 2.75) is 11.2 Å². The molecule has 1 aliphatic heterocycles. The van der Waals surface area contributed by atoms with Gasteiger partial charge in [-0.1, -0.05) is 15.9 Å². The zero-order valence-electron chi connectivity index (χ0n) is 9.77. The summed E-state index contributed by atoms with van der Waals surface area (Å²) in [5.74, 6) is 1.44. The van der Waals surface area contributed by atoms with Crippen molar-refractivity contribution in [2.75, 3.05) is 25.7 Å². The fraction of sp³-hybridized carbons (Fsp3) is 0.417. The summed E-state index contributed by atoms with van der Waals surface area (Å²) in [5.41, 5.74) is 0.792. The van der Waals surface area contributed by atoms with E-state index in [1.165, 1.54) is 0 Å². The highest BCUT2D eigenvalue weighted by molar-refractivity contribution is 9.10. The Morgan fingerprint density at radius 3 is 2.65 bits per heavy atom. The van der Waals surface area contributed by atoms with Crippen LogP contribution in [0, 0.1) is 0 Å². The van der Waals surface area contributed by atoms with Gasteiger partial charge in [0.15, 0.2) is 0 Å². The summed E-state index contributed by atoms with van der Waals surface area (Å²) >= 11 is 3.36. The van der Waals surface area contributed by atoms with Gasteiger partial charge in [-0.3, -0.25) is 4.79 Å². The molecule has 0 radical (unpaired) electrons. The molecule has 92 valence electrons. The molecule has 1 heterocycles. The first-order valence-electron chi connectivity index (χ1n) is 5.35. The number of alkyl halides is 1. The second-order valence-electron chi connectivity index (χ2n) is 3.78. The summed E-state index contributed by atoms with van der Waals surface area (Å²) in [4.78, 5) is 13.6. The van der Waals surface area contributed by atoms with Crippen molar-refractivity contribution in [2.24, 2.45) is 0 Å². The van der Waals surface area contributed by atoms with E-state index >= 15 is 0 Å². The number of benzene rings is 1. The maximum absolute atomic E-state index is 11.9. The van der Waals surface area contributed by atoms with Crippen LogP contribution in [-0.2, 0) is 4.79 Å². The largest absolute Gasteiger partial charge is 0.497 e. The van der Waals surface area contributed by atoms with Gasteiger partial charge in [-0.2, -0.15) is 0 Å². The van der Waals surface area contributed by atoms with Crippen molar-refractivity contribution < 1.29 is 14.3 Å². The number of halogens is 1. The lowest BCUT2D eigenvalue weighted by Crippen LogP contribution is -2.27. The molecule has 4 nitrogen and oxygen atoms in total. The molecular formula is C12H14BrNO3. The van der Waals surface area contributed by atoms with Crippen LogP contribution in [0.5, 0.6) is 11.5 Å². The van der Waals surface area contributed by atoms with Crippen LogP contribution in [0.4, 0.5) is 5.69 Å². The Labute approximate surface area is 109 Å². The Kier molecular flexibility index (Phi) is 3.57. The SMILES string of the molecule is COc1ccc(N2CCC(Br)C2=O)c(OC)c1. The summed E-state index contributed by atoms with van der Waals surface area (Å²) in [6.45, 7) is 0.706. The third-order valence-electron chi connectivity index (χ3n) is 2.82. The molecule has 1 amide bonds. The van der Waals surface area contributed by atoms with Gasteiger partial charge >= 0.3 is 0 Å².